The van der Waals surface area contributed by atoms with E-state index in [1.54, 1.807) is 24.4 Å². The van der Waals surface area contributed by atoms with Crippen molar-refractivity contribution in [2.45, 2.75) is 11.5 Å². The number of benzene rings is 1. The van der Waals surface area contributed by atoms with E-state index in [-0.39, 0.29) is 4.90 Å². The van der Waals surface area contributed by atoms with E-state index in [1.807, 2.05) is 6.07 Å². The largest absolute Gasteiger partial charge is 0.478 e. The van der Waals surface area contributed by atoms with Crippen LogP contribution in [0.3, 0.4) is 0 Å². The van der Waals surface area contributed by atoms with Crippen LogP contribution in [0, 0.1) is 0 Å². The number of fused-ring (bicyclic) bond motifs is 3. The maximum atomic E-state index is 13.0. The molecule has 0 bridgehead atoms. The number of hydrogen-bond acceptors (Lipinski definition) is 8. The van der Waals surface area contributed by atoms with Crippen LogP contribution in [0.1, 0.15) is 0 Å². The number of anilines is 1. The van der Waals surface area contributed by atoms with E-state index < -0.39 is 40.1 Å². The van der Waals surface area contributed by atoms with Crippen LogP contribution in [-0.2, 0) is 10.0 Å². The van der Waals surface area contributed by atoms with Crippen LogP contribution >= 0.6 is 0 Å². The molecule has 2 N–H and O–H groups in total. The average molecular weight is 451 g/mol. The quantitative estimate of drug-likeness (QED) is 0.439. The molecule has 0 aliphatic heterocycles. The molecule has 31 heavy (non-hydrogen) atoms. The molecule has 10 nitrogen and oxygen atoms in total. The molecule has 0 aliphatic rings. The SMILES string of the molecule is COc1nc(NS(=O)(=O)c2c[nH]c3c2ccc2cccnc23)nc(OC)c1OC(F)F. The molecule has 13 heteroatoms. The van der Waals surface area contributed by atoms with Crippen molar-refractivity contribution in [3.8, 4) is 17.5 Å². The molecular weight excluding hydrogens is 436 g/mol. The highest BCUT2D eigenvalue weighted by atomic mass is 32.2. The van der Waals surface area contributed by atoms with Crippen molar-refractivity contribution in [3.05, 3.63) is 36.7 Å². The predicted octanol–water partition coefficient (Wildman–Crippen LogP) is 2.93. The van der Waals surface area contributed by atoms with Gasteiger partial charge in [-0.15, -0.1) is 0 Å². The van der Waals surface area contributed by atoms with Crippen molar-refractivity contribution < 1.29 is 31.4 Å². The van der Waals surface area contributed by atoms with Crippen LogP contribution in [-0.4, -0.2) is 49.2 Å². The number of nitrogens with zero attached hydrogens (tertiary/aromatic N) is 3. The van der Waals surface area contributed by atoms with Gasteiger partial charge in [-0.25, -0.2) is 13.1 Å². The van der Waals surface area contributed by atoms with Crippen molar-refractivity contribution in [1.29, 1.82) is 0 Å². The lowest BCUT2D eigenvalue weighted by Crippen LogP contribution is -2.16. The summed E-state index contributed by atoms with van der Waals surface area (Å²) in [6.07, 6.45) is 2.91. The van der Waals surface area contributed by atoms with E-state index >= 15 is 0 Å². The summed E-state index contributed by atoms with van der Waals surface area (Å²) in [5.74, 6) is -1.88. The molecule has 0 atom stereocenters. The normalized spacial score (nSPS) is 11.8. The molecule has 0 spiro atoms. The third-order valence-electron chi connectivity index (χ3n) is 4.30. The third-order valence-corrected chi connectivity index (χ3v) is 5.67. The fraction of sp³-hybridized carbons (Fsp3) is 0.167. The van der Waals surface area contributed by atoms with E-state index in [0.717, 1.165) is 19.6 Å². The topological polar surface area (TPSA) is 128 Å². The van der Waals surface area contributed by atoms with Gasteiger partial charge in [-0.05, 0) is 6.07 Å². The first-order chi connectivity index (χ1) is 14.8. The molecule has 0 amide bonds. The highest BCUT2D eigenvalue weighted by molar-refractivity contribution is 7.93. The number of hydrogen-bond donors (Lipinski definition) is 2. The highest BCUT2D eigenvalue weighted by Crippen LogP contribution is 2.37. The summed E-state index contributed by atoms with van der Waals surface area (Å²) in [5.41, 5.74) is 1.14. The summed E-state index contributed by atoms with van der Waals surface area (Å²) in [7, 11) is -1.89. The number of ether oxygens (including phenoxy) is 3. The van der Waals surface area contributed by atoms with Crippen LogP contribution in [0.25, 0.3) is 21.8 Å². The van der Waals surface area contributed by atoms with Crippen LogP contribution in [0.15, 0.2) is 41.6 Å². The number of rotatable bonds is 7. The molecule has 3 heterocycles. The van der Waals surface area contributed by atoms with Gasteiger partial charge in [0.2, 0.25) is 11.7 Å². The molecular formula is C18H15F2N5O5S. The van der Waals surface area contributed by atoms with Gasteiger partial charge in [0.05, 0.1) is 25.3 Å². The zero-order valence-corrected chi connectivity index (χ0v) is 16.9. The zero-order valence-electron chi connectivity index (χ0n) is 16.1. The summed E-state index contributed by atoms with van der Waals surface area (Å²) in [6, 6.07) is 7.02. The number of nitrogens with one attached hydrogen (secondary N) is 2. The smallest absolute Gasteiger partial charge is 0.387 e. The second-order valence-electron chi connectivity index (χ2n) is 6.10. The number of sulfonamides is 1. The molecule has 162 valence electrons. The Morgan fingerprint density at radius 3 is 2.45 bits per heavy atom. The Morgan fingerprint density at radius 1 is 1.10 bits per heavy atom. The molecule has 0 unspecified atom stereocenters. The Morgan fingerprint density at radius 2 is 1.81 bits per heavy atom. The maximum absolute atomic E-state index is 13.0. The molecule has 0 fully saturated rings. The Balaban J connectivity index is 1.76. The van der Waals surface area contributed by atoms with Crippen LogP contribution in [0.5, 0.6) is 17.5 Å². The minimum Gasteiger partial charge on any atom is -0.478 e. The highest BCUT2D eigenvalue weighted by Gasteiger charge is 2.25. The Labute approximate surface area is 174 Å². The Bertz CT molecular complexity index is 1350. The Hall–Kier alpha value is -3.74. The van der Waals surface area contributed by atoms with Gasteiger partial charge in [0.25, 0.3) is 21.8 Å². The van der Waals surface area contributed by atoms with Crippen molar-refractivity contribution in [2.75, 3.05) is 18.9 Å². The van der Waals surface area contributed by atoms with Crippen molar-refractivity contribution in [3.63, 3.8) is 0 Å². The van der Waals surface area contributed by atoms with Gasteiger partial charge in [-0.2, -0.15) is 18.7 Å². The van der Waals surface area contributed by atoms with E-state index in [4.69, 9.17) is 9.47 Å². The molecule has 3 aromatic heterocycles. The van der Waals surface area contributed by atoms with E-state index in [1.165, 1.54) is 6.20 Å². The zero-order chi connectivity index (χ0) is 22.2. The van der Waals surface area contributed by atoms with Gasteiger partial charge in [0.1, 0.15) is 4.90 Å². The van der Waals surface area contributed by atoms with Gasteiger partial charge in [0, 0.05) is 23.2 Å². The van der Waals surface area contributed by atoms with E-state index in [9.17, 15) is 17.2 Å². The number of pyridine rings is 1. The molecule has 1 aromatic carbocycles. The summed E-state index contributed by atoms with van der Waals surface area (Å²) in [6.45, 7) is -3.19. The monoisotopic (exact) mass is 451 g/mol. The van der Waals surface area contributed by atoms with Crippen LogP contribution < -0.4 is 18.9 Å². The Kier molecular flexibility index (Phi) is 5.19. The van der Waals surface area contributed by atoms with Gasteiger partial charge in [0.15, 0.2) is 0 Å². The second-order valence-corrected chi connectivity index (χ2v) is 7.75. The lowest BCUT2D eigenvalue weighted by Gasteiger charge is -2.14. The van der Waals surface area contributed by atoms with E-state index in [0.29, 0.717) is 16.4 Å². The van der Waals surface area contributed by atoms with Gasteiger partial charge >= 0.3 is 6.61 Å². The second kappa shape index (κ2) is 7.83. The fourth-order valence-electron chi connectivity index (χ4n) is 3.03. The first kappa shape index (κ1) is 20.5. The summed E-state index contributed by atoms with van der Waals surface area (Å²) < 4.78 is 67.7. The molecule has 4 aromatic rings. The molecule has 0 aliphatic carbocycles. The fourth-order valence-corrected chi connectivity index (χ4v) is 4.15. The lowest BCUT2D eigenvalue weighted by atomic mass is 10.1. The number of aromatic nitrogens is 4. The number of halogens is 2. The first-order valence-corrected chi connectivity index (χ1v) is 10.1. The van der Waals surface area contributed by atoms with Crippen LogP contribution in [0.2, 0.25) is 0 Å². The molecule has 0 saturated carbocycles. The van der Waals surface area contributed by atoms with Crippen molar-refractivity contribution >= 4 is 37.8 Å². The number of H-pyrrole nitrogens is 1. The molecule has 0 radical (unpaired) electrons. The van der Waals surface area contributed by atoms with Gasteiger partial charge in [-0.1, -0.05) is 18.2 Å². The van der Waals surface area contributed by atoms with Crippen molar-refractivity contribution in [1.82, 2.24) is 19.9 Å². The number of alkyl halides is 2. The van der Waals surface area contributed by atoms with Gasteiger partial charge < -0.3 is 19.2 Å². The number of methoxy groups -OCH3 is 2. The summed E-state index contributed by atoms with van der Waals surface area (Å²) >= 11 is 0. The van der Waals surface area contributed by atoms with Gasteiger partial charge in [-0.3, -0.25) is 4.98 Å². The van der Waals surface area contributed by atoms with Crippen molar-refractivity contribution in [2.24, 2.45) is 0 Å². The number of aromatic amines is 1. The van der Waals surface area contributed by atoms with Crippen LogP contribution in [0.4, 0.5) is 14.7 Å². The summed E-state index contributed by atoms with van der Waals surface area (Å²) in [5, 5.41) is 1.23. The van der Waals surface area contributed by atoms with E-state index in [2.05, 4.69) is 29.4 Å². The maximum Gasteiger partial charge on any atom is 0.387 e. The average Bonchev–Trinajstić information content (AvgIpc) is 3.19. The minimum absolute atomic E-state index is 0.0792. The molecule has 0 saturated heterocycles. The first-order valence-electron chi connectivity index (χ1n) is 8.66. The lowest BCUT2D eigenvalue weighted by molar-refractivity contribution is -0.0533. The predicted molar refractivity (Wildman–Crippen MR) is 106 cm³/mol. The standard InChI is InChI=1S/C18H15F2N5O5S/c1-28-15-14(30-17(19)20)16(29-2)24-18(23-15)25-31(26,27)11-8-22-13-10(11)6-5-9-4-3-7-21-12(9)13/h3-8,17,22H,1-2H3,(H,23,24,25). The molecule has 4 rings (SSSR count). The minimum atomic E-state index is -4.19. The summed E-state index contributed by atoms with van der Waals surface area (Å²) in [4.78, 5) is 14.7. The third kappa shape index (κ3) is 3.74.